The van der Waals surface area contributed by atoms with E-state index in [1.807, 2.05) is 0 Å². The number of hydrogen-bond acceptors (Lipinski definition) is 6. The molecule has 0 spiro atoms. The van der Waals surface area contributed by atoms with Crippen molar-refractivity contribution >= 4 is 17.9 Å². The molecule has 0 heterocycles. The van der Waals surface area contributed by atoms with Crippen LogP contribution in [0.25, 0.3) is 0 Å². The van der Waals surface area contributed by atoms with Gasteiger partial charge in [0.05, 0.1) is 0 Å². The van der Waals surface area contributed by atoms with Gasteiger partial charge in [0.1, 0.15) is 13.2 Å². The molecule has 338 valence electrons. The highest BCUT2D eigenvalue weighted by atomic mass is 16.6. The zero-order valence-corrected chi connectivity index (χ0v) is 38.6. The highest BCUT2D eigenvalue weighted by Crippen LogP contribution is 2.14. The summed E-state index contributed by atoms with van der Waals surface area (Å²) in [6.07, 6.45) is 54.1. The lowest BCUT2D eigenvalue weighted by Crippen LogP contribution is -2.30. The second-order valence-corrected chi connectivity index (χ2v) is 16.7. The van der Waals surface area contributed by atoms with E-state index in [0.717, 1.165) is 89.9 Å². The topological polar surface area (TPSA) is 78.9 Å². The summed E-state index contributed by atoms with van der Waals surface area (Å²) in [4.78, 5) is 37.8. The fourth-order valence-electron chi connectivity index (χ4n) is 7.05. The Kier molecular flexibility index (Phi) is 45.4. The van der Waals surface area contributed by atoms with Crippen LogP contribution in [0, 0.1) is 0 Å². The Labute approximate surface area is 359 Å². The molecule has 0 saturated carbocycles. The number of esters is 3. The molecule has 0 amide bonds. The van der Waals surface area contributed by atoms with E-state index in [1.54, 1.807) is 0 Å². The Balaban J connectivity index is 4.35. The highest BCUT2D eigenvalue weighted by Gasteiger charge is 2.19. The van der Waals surface area contributed by atoms with Crippen LogP contribution in [0.2, 0.25) is 0 Å². The zero-order chi connectivity index (χ0) is 42.3. The maximum Gasteiger partial charge on any atom is 0.306 e. The molecular weight excluding hydrogens is 721 g/mol. The molecule has 0 aromatic carbocycles. The molecule has 0 bridgehead atoms. The van der Waals surface area contributed by atoms with Crippen LogP contribution in [-0.2, 0) is 28.6 Å². The van der Waals surface area contributed by atoms with Crippen molar-refractivity contribution in [3.63, 3.8) is 0 Å². The van der Waals surface area contributed by atoms with Crippen molar-refractivity contribution in [2.24, 2.45) is 0 Å². The summed E-state index contributed by atoms with van der Waals surface area (Å²) in [5, 5.41) is 0. The van der Waals surface area contributed by atoms with E-state index in [-0.39, 0.29) is 31.1 Å². The van der Waals surface area contributed by atoms with Gasteiger partial charge in [-0.15, -0.1) is 0 Å². The molecule has 0 rings (SSSR count). The quantitative estimate of drug-likeness (QED) is 0.0264. The molecule has 0 radical (unpaired) electrons. The normalized spacial score (nSPS) is 12.3. The number of carbonyl (C=O) groups is 3. The van der Waals surface area contributed by atoms with Crippen molar-refractivity contribution in [2.45, 2.75) is 264 Å². The Morgan fingerprint density at radius 2 is 0.621 bits per heavy atom. The molecule has 0 fully saturated rings. The van der Waals surface area contributed by atoms with Crippen LogP contribution in [0.1, 0.15) is 258 Å². The van der Waals surface area contributed by atoms with Crippen molar-refractivity contribution in [3.8, 4) is 0 Å². The third-order valence-electron chi connectivity index (χ3n) is 10.9. The van der Waals surface area contributed by atoms with Gasteiger partial charge in [0.25, 0.3) is 0 Å². The number of unbranched alkanes of at least 4 members (excludes halogenated alkanes) is 28. The molecule has 6 nitrogen and oxygen atoms in total. The summed E-state index contributed by atoms with van der Waals surface area (Å²) in [5.74, 6) is -0.897. The van der Waals surface area contributed by atoms with Crippen molar-refractivity contribution in [3.05, 3.63) is 36.5 Å². The minimum atomic E-state index is -0.777. The standard InChI is InChI=1S/C52H94O6/c1-4-7-10-13-16-19-21-23-25-27-28-30-33-36-39-42-45-51(54)57-48-49(47-56-50(53)44-41-38-35-32-18-15-12-9-6-3)58-52(55)46-43-40-37-34-31-29-26-24-22-20-17-14-11-8-5-2/h17,20,24-27,49H,4-16,18-19,21-23,28-48H2,1-3H3/b20-17-,26-24-,27-25-/t49-/m1/s1. The summed E-state index contributed by atoms with van der Waals surface area (Å²) >= 11 is 0. The van der Waals surface area contributed by atoms with Gasteiger partial charge in [-0.05, 0) is 77.0 Å². The highest BCUT2D eigenvalue weighted by molar-refractivity contribution is 5.71. The number of rotatable bonds is 45. The number of allylic oxidation sites excluding steroid dienone is 6. The first-order chi connectivity index (χ1) is 28.5. The minimum absolute atomic E-state index is 0.0784. The summed E-state index contributed by atoms with van der Waals surface area (Å²) in [5.41, 5.74) is 0. The second-order valence-electron chi connectivity index (χ2n) is 16.7. The maximum absolute atomic E-state index is 12.7. The zero-order valence-electron chi connectivity index (χ0n) is 38.6. The van der Waals surface area contributed by atoms with Crippen molar-refractivity contribution in [2.75, 3.05) is 13.2 Å². The van der Waals surface area contributed by atoms with Gasteiger partial charge in [0.2, 0.25) is 0 Å². The maximum atomic E-state index is 12.7. The monoisotopic (exact) mass is 815 g/mol. The first-order valence-corrected chi connectivity index (χ1v) is 25.0. The smallest absolute Gasteiger partial charge is 0.306 e. The Morgan fingerprint density at radius 3 is 1.00 bits per heavy atom. The van der Waals surface area contributed by atoms with E-state index in [0.29, 0.717) is 19.3 Å². The van der Waals surface area contributed by atoms with Gasteiger partial charge in [0.15, 0.2) is 6.10 Å². The van der Waals surface area contributed by atoms with Gasteiger partial charge in [-0.3, -0.25) is 14.4 Å². The SMILES string of the molecule is CCCCC/C=C\C/C=C\CCCCCCCC(=O)O[C@@H](COC(=O)CCCCCCC/C=C\CCCCCCCCC)COC(=O)CCCCCCCCCCC. The Bertz CT molecular complexity index is 984. The van der Waals surface area contributed by atoms with Crippen molar-refractivity contribution in [1.29, 1.82) is 0 Å². The fraction of sp³-hybridized carbons (Fsp3) is 0.827. The van der Waals surface area contributed by atoms with Crippen molar-refractivity contribution < 1.29 is 28.6 Å². The van der Waals surface area contributed by atoms with Gasteiger partial charge in [0, 0.05) is 19.3 Å². The molecule has 0 unspecified atom stereocenters. The van der Waals surface area contributed by atoms with E-state index >= 15 is 0 Å². The summed E-state index contributed by atoms with van der Waals surface area (Å²) in [7, 11) is 0. The molecular formula is C52H94O6. The van der Waals surface area contributed by atoms with Crippen LogP contribution in [0.15, 0.2) is 36.5 Å². The average Bonchev–Trinajstić information content (AvgIpc) is 3.22. The molecule has 0 aliphatic rings. The van der Waals surface area contributed by atoms with E-state index in [9.17, 15) is 14.4 Å². The lowest BCUT2D eigenvalue weighted by molar-refractivity contribution is -0.167. The third kappa shape index (κ3) is 44.7. The lowest BCUT2D eigenvalue weighted by Gasteiger charge is -2.18. The summed E-state index contributed by atoms with van der Waals surface area (Å²) in [6.45, 7) is 6.58. The number of hydrogen-bond donors (Lipinski definition) is 0. The molecule has 0 aliphatic heterocycles. The first-order valence-electron chi connectivity index (χ1n) is 25.0. The Morgan fingerprint density at radius 1 is 0.345 bits per heavy atom. The largest absolute Gasteiger partial charge is 0.462 e. The van der Waals surface area contributed by atoms with Crippen LogP contribution in [0.4, 0.5) is 0 Å². The first kappa shape index (κ1) is 55.6. The number of carbonyl (C=O) groups excluding carboxylic acids is 3. The van der Waals surface area contributed by atoms with E-state index in [4.69, 9.17) is 14.2 Å². The summed E-state index contributed by atoms with van der Waals surface area (Å²) < 4.78 is 16.7. The Hall–Kier alpha value is -2.37. The molecule has 0 aromatic heterocycles. The second kappa shape index (κ2) is 47.3. The van der Waals surface area contributed by atoms with E-state index < -0.39 is 6.10 Å². The van der Waals surface area contributed by atoms with Gasteiger partial charge < -0.3 is 14.2 Å². The molecule has 58 heavy (non-hydrogen) atoms. The van der Waals surface area contributed by atoms with E-state index in [2.05, 4.69) is 57.2 Å². The molecule has 6 heteroatoms. The van der Waals surface area contributed by atoms with Crippen LogP contribution in [0.5, 0.6) is 0 Å². The molecule has 0 saturated heterocycles. The van der Waals surface area contributed by atoms with Gasteiger partial charge in [-0.25, -0.2) is 0 Å². The molecule has 0 N–H and O–H groups in total. The van der Waals surface area contributed by atoms with Crippen LogP contribution < -0.4 is 0 Å². The lowest BCUT2D eigenvalue weighted by atomic mass is 10.1. The minimum Gasteiger partial charge on any atom is -0.462 e. The molecule has 1 atom stereocenters. The average molecular weight is 815 g/mol. The van der Waals surface area contributed by atoms with Crippen LogP contribution in [-0.4, -0.2) is 37.2 Å². The third-order valence-corrected chi connectivity index (χ3v) is 10.9. The van der Waals surface area contributed by atoms with E-state index in [1.165, 1.54) is 128 Å². The predicted molar refractivity (Wildman–Crippen MR) is 247 cm³/mol. The van der Waals surface area contributed by atoms with Crippen LogP contribution in [0.3, 0.4) is 0 Å². The fourth-order valence-corrected chi connectivity index (χ4v) is 7.05. The van der Waals surface area contributed by atoms with Crippen molar-refractivity contribution in [1.82, 2.24) is 0 Å². The van der Waals surface area contributed by atoms with Gasteiger partial charge >= 0.3 is 17.9 Å². The molecule has 0 aliphatic carbocycles. The van der Waals surface area contributed by atoms with Crippen LogP contribution >= 0.6 is 0 Å². The van der Waals surface area contributed by atoms with Gasteiger partial charge in [-0.1, -0.05) is 198 Å². The predicted octanol–water partition coefficient (Wildman–Crippen LogP) is 16.1. The number of ether oxygens (including phenoxy) is 3. The molecule has 0 aromatic rings. The van der Waals surface area contributed by atoms with Gasteiger partial charge in [-0.2, -0.15) is 0 Å². The summed E-state index contributed by atoms with van der Waals surface area (Å²) in [6, 6.07) is 0.